The van der Waals surface area contributed by atoms with Crippen molar-refractivity contribution in [2.45, 2.75) is 11.8 Å². The maximum absolute atomic E-state index is 10.3. The molecule has 0 amide bonds. The third-order valence-corrected chi connectivity index (χ3v) is 1.71. The summed E-state index contributed by atoms with van der Waals surface area (Å²) in [6.07, 6.45) is 0. The zero-order valence-electron chi connectivity index (χ0n) is 6.94. The summed E-state index contributed by atoms with van der Waals surface area (Å²) in [7, 11) is 0. The van der Waals surface area contributed by atoms with E-state index in [4.69, 9.17) is 0 Å². The molecule has 5 heteroatoms. The molecular formula is C7H7NNaO2S. The SMILES string of the molecule is Cc1ccc(S)c([N+](=O)[O-])c1.[Na]. The molecule has 1 aromatic rings. The molecule has 0 atom stereocenters. The number of hydrogen-bond acceptors (Lipinski definition) is 3. The third kappa shape index (κ3) is 2.79. The molecule has 12 heavy (non-hydrogen) atoms. The number of thiol groups is 1. The van der Waals surface area contributed by atoms with Crippen LogP contribution in [0.1, 0.15) is 5.56 Å². The number of benzene rings is 1. The molecule has 1 rings (SSSR count). The second-order valence-electron chi connectivity index (χ2n) is 2.25. The fraction of sp³-hybridized carbons (Fsp3) is 0.143. The summed E-state index contributed by atoms with van der Waals surface area (Å²) in [6.45, 7) is 1.81. The monoisotopic (exact) mass is 192 g/mol. The quantitative estimate of drug-likeness (QED) is 0.319. The van der Waals surface area contributed by atoms with Crippen molar-refractivity contribution in [2.24, 2.45) is 0 Å². The first-order valence-electron chi connectivity index (χ1n) is 3.05. The van der Waals surface area contributed by atoms with Crippen LogP contribution in [0.3, 0.4) is 0 Å². The molecule has 1 aromatic carbocycles. The fourth-order valence-electron chi connectivity index (χ4n) is 0.780. The molecule has 0 N–H and O–H groups in total. The van der Waals surface area contributed by atoms with Gasteiger partial charge in [-0.05, 0) is 18.6 Å². The van der Waals surface area contributed by atoms with Gasteiger partial charge in [0.05, 0.1) is 9.82 Å². The number of nitrogens with zero attached hydrogens (tertiary/aromatic N) is 1. The Balaban J connectivity index is 0.00000121. The summed E-state index contributed by atoms with van der Waals surface area (Å²) >= 11 is 3.94. The van der Waals surface area contributed by atoms with Crippen LogP contribution < -0.4 is 0 Å². The fourth-order valence-corrected chi connectivity index (χ4v) is 1.00. The Morgan fingerprint density at radius 2 is 2.08 bits per heavy atom. The summed E-state index contributed by atoms with van der Waals surface area (Å²) in [5.41, 5.74) is 0.933. The molecule has 0 spiro atoms. The average molecular weight is 192 g/mol. The smallest absolute Gasteiger partial charge is 0.258 e. The number of hydrogen-bond donors (Lipinski definition) is 1. The van der Waals surface area contributed by atoms with Crippen molar-refractivity contribution in [3.8, 4) is 0 Å². The van der Waals surface area contributed by atoms with Crippen LogP contribution >= 0.6 is 12.6 Å². The Bertz CT molecular complexity index is 303. The summed E-state index contributed by atoms with van der Waals surface area (Å²) in [4.78, 5) is 10.3. The van der Waals surface area contributed by atoms with Gasteiger partial charge in [-0.25, -0.2) is 0 Å². The topological polar surface area (TPSA) is 43.1 Å². The third-order valence-electron chi connectivity index (χ3n) is 1.33. The van der Waals surface area contributed by atoms with Crippen LogP contribution in [0.2, 0.25) is 0 Å². The molecule has 0 aliphatic heterocycles. The Morgan fingerprint density at radius 1 is 1.50 bits per heavy atom. The Hall–Kier alpha value is -0.0300. The van der Waals surface area contributed by atoms with Crippen molar-refractivity contribution in [3.63, 3.8) is 0 Å². The molecule has 0 bridgehead atoms. The largest absolute Gasteiger partial charge is 0.282 e. The normalized spacial score (nSPS) is 8.83. The average Bonchev–Trinajstić information content (AvgIpc) is 1.94. The van der Waals surface area contributed by atoms with Gasteiger partial charge < -0.3 is 0 Å². The van der Waals surface area contributed by atoms with E-state index in [9.17, 15) is 10.1 Å². The van der Waals surface area contributed by atoms with Gasteiger partial charge in [0, 0.05) is 35.6 Å². The first kappa shape index (κ1) is 12.0. The molecule has 0 saturated heterocycles. The number of nitro benzene ring substituents is 1. The predicted molar refractivity (Wildman–Crippen MR) is 50.8 cm³/mol. The minimum atomic E-state index is -0.435. The van der Waals surface area contributed by atoms with E-state index in [1.165, 1.54) is 6.07 Å². The van der Waals surface area contributed by atoms with Crippen molar-refractivity contribution < 1.29 is 4.92 Å². The minimum Gasteiger partial charge on any atom is -0.258 e. The van der Waals surface area contributed by atoms with Gasteiger partial charge in [-0.2, -0.15) is 0 Å². The van der Waals surface area contributed by atoms with Gasteiger partial charge in [0.2, 0.25) is 0 Å². The molecule has 0 heterocycles. The second-order valence-corrected chi connectivity index (χ2v) is 2.73. The van der Waals surface area contributed by atoms with Gasteiger partial charge in [0.15, 0.2) is 0 Å². The zero-order chi connectivity index (χ0) is 8.43. The van der Waals surface area contributed by atoms with Gasteiger partial charge >= 0.3 is 0 Å². The number of rotatable bonds is 1. The van der Waals surface area contributed by atoms with E-state index >= 15 is 0 Å². The molecule has 3 nitrogen and oxygen atoms in total. The van der Waals surface area contributed by atoms with E-state index < -0.39 is 4.92 Å². The molecule has 0 saturated carbocycles. The predicted octanol–water partition coefficient (Wildman–Crippen LogP) is 1.81. The number of aryl methyl sites for hydroxylation is 1. The molecule has 0 fully saturated rings. The molecule has 0 unspecified atom stereocenters. The van der Waals surface area contributed by atoms with E-state index in [-0.39, 0.29) is 35.2 Å². The minimum absolute atomic E-state index is 0. The van der Waals surface area contributed by atoms with E-state index in [1.54, 1.807) is 19.1 Å². The van der Waals surface area contributed by atoms with Gasteiger partial charge in [0.25, 0.3) is 5.69 Å². The van der Waals surface area contributed by atoms with Crippen LogP contribution in [0, 0.1) is 17.0 Å². The molecule has 0 aliphatic rings. The van der Waals surface area contributed by atoms with Gasteiger partial charge in [-0.3, -0.25) is 10.1 Å². The second kappa shape index (κ2) is 4.87. The van der Waals surface area contributed by atoms with Crippen LogP contribution in [0.5, 0.6) is 0 Å². The molecule has 0 aliphatic carbocycles. The summed E-state index contributed by atoms with van der Waals surface area (Å²) in [5, 5.41) is 10.3. The van der Waals surface area contributed by atoms with Crippen molar-refractivity contribution in [1.82, 2.24) is 0 Å². The number of nitro groups is 1. The first-order chi connectivity index (χ1) is 5.11. The Kier molecular flexibility index (Phi) is 4.85. The van der Waals surface area contributed by atoms with Crippen LogP contribution in [0.4, 0.5) is 5.69 Å². The summed E-state index contributed by atoms with van der Waals surface area (Å²) in [5.74, 6) is 0. The molecule has 1 radical (unpaired) electrons. The van der Waals surface area contributed by atoms with Crippen molar-refractivity contribution in [2.75, 3.05) is 0 Å². The molecule has 59 valence electrons. The molecule has 0 aromatic heterocycles. The van der Waals surface area contributed by atoms with E-state index in [0.29, 0.717) is 4.90 Å². The van der Waals surface area contributed by atoms with E-state index in [2.05, 4.69) is 12.6 Å². The van der Waals surface area contributed by atoms with Crippen LogP contribution in [0.15, 0.2) is 23.1 Å². The summed E-state index contributed by atoms with van der Waals surface area (Å²) < 4.78 is 0. The van der Waals surface area contributed by atoms with Crippen LogP contribution in [0.25, 0.3) is 0 Å². The zero-order valence-corrected chi connectivity index (χ0v) is 9.84. The molecular weight excluding hydrogens is 185 g/mol. The van der Waals surface area contributed by atoms with Crippen LogP contribution in [-0.2, 0) is 0 Å². The van der Waals surface area contributed by atoms with Crippen molar-refractivity contribution >= 4 is 47.9 Å². The maximum Gasteiger partial charge on any atom is 0.282 e. The van der Waals surface area contributed by atoms with Gasteiger partial charge in [-0.1, -0.05) is 6.07 Å². The van der Waals surface area contributed by atoms with Crippen LogP contribution in [-0.4, -0.2) is 34.5 Å². The van der Waals surface area contributed by atoms with E-state index in [0.717, 1.165) is 5.56 Å². The van der Waals surface area contributed by atoms with Crippen molar-refractivity contribution in [3.05, 3.63) is 33.9 Å². The first-order valence-corrected chi connectivity index (χ1v) is 3.50. The van der Waals surface area contributed by atoms with E-state index in [1.807, 2.05) is 0 Å². The van der Waals surface area contributed by atoms with Crippen molar-refractivity contribution in [1.29, 1.82) is 0 Å². The van der Waals surface area contributed by atoms with Gasteiger partial charge in [-0.15, -0.1) is 12.6 Å². The standard InChI is InChI=1S/C7H7NO2S.Na/c1-5-2-3-7(11)6(4-5)8(9)10;/h2-4,11H,1H3;. The van der Waals surface area contributed by atoms with Gasteiger partial charge in [0.1, 0.15) is 0 Å². The summed E-state index contributed by atoms with van der Waals surface area (Å²) in [6, 6.07) is 4.91. The Labute approximate surface area is 98.0 Å². The Morgan fingerprint density at radius 3 is 2.50 bits per heavy atom. The maximum atomic E-state index is 10.3.